The van der Waals surface area contributed by atoms with E-state index in [2.05, 4.69) is 4.90 Å². The van der Waals surface area contributed by atoms with Crippen molar-refractivity contribution in [3.05, 3.63) is 35.9 Å². The summed E-state index contributed by atoms with van der Waals surface area (Å²) in [5, 5.41) is 0. The molecule has 1 aromatic carbocycles. The highest BCUT2D eigenvalue weighted by Gasteiger charge is 2.23. The molecule has 3 nitrogen and oxygen atoms in total. The highest BCUT2D eigenvalue weighted by Crippen LogP contribution is 2.18. The summed E-state index contributed by atoms with van der Waals surface area (Å²) >= 11 is 0. The monoisotopic (exact) mass is 261 g/mol. The highest BCUT2D eigenvalue weighted by atomic mass is 16.5. The van der Waals surface area contributed by atoms with Crippen LogP contribution in [-0.4, -0.2) is 43.5 Å². The molecule has 104 valence electrons. The fraction of sp³-hybridized carbons (Fsp3) is 0.562. The number of likely N-dealkylation sites (tertiary alicyclic amines) is 1. The lowest BCUT2D eigenvalue weighted by Crippen LogP contribution is -2.33. The molecule has 0 N–H and O–H groups in total. The summed E-state index contributed by atoms with van der Waals surface area (Å²) in [4.78, 5) is 14.4. The van der Waals surface area contributed by atoms with E-state index in [4.69, 9.17) is 4.74 Å². The van der Waals surface area contributed by atoms with Crippen molar-refractivity contribution in [3.63, 3.8) is 0 Å². The number of hydrogen-bond acceptors (Lipinski definition) is 3. The van der Waals surface area contributed by atoms with Crippen LogP contribution in [0.2, 0.25) is 0 Å². The molecule has 0 aromatic heterocycles. The Morgan fingerprint density at radius 3 is 2.89 bits per heavy atom. The zero-order valence-electron chi connectivity index (χ0n) is 11.7. The molecule has 1 saturated heterocycles. The third kappa shape index (κ3) is 4.15. The first-order valence-corrected chi connectivity index (χ1v) is 7.12. The van der Waals surface area contributed by atoms with Crippen molar-refractivity contribution in [3.8, 4) is 0 Å². The Hall–Kier alpha value is -1.19. The second kappa shape index (κ2) is 7.41. The normalized spacial score (nSPS) is 19.7. The van der Waals surface area contributed by atoms with Gasteiger partial charge in [0.15, 0.2) is 5.78 Å². The number of Topliss-reactive ketones (excluding diaryl/α,β-unsaturated/α-hetero) is 1. The highest BCUT2D eigenvalue weighted by molar-refractivity contribution is 5.95. The lowest BCUT2D eigenvalue weighted by Gasteiger charge is -2.23. The Balaban J connectivity index is 1.73. The first-order chi connectivity index (χ1) is 9.31. The summed E-state index contributed by atoms with van der Waals surface area (Å²) in [5.74, 6) is 0.253. The molecule has 1 fully saturated rings. The zero-order chi connectivity index (χ0) is 13.5. The molecule has 1 aliphatic rings. The molecule has 1 heterocycles. The lowest BCUT2D eigenvalue weighted by molar-refractivity contribution is 0.0956. The number of hydrogen-bond donors (Lipinski definition) is 0. The Bertz CT molecular complexity index is 391. The van der Waals surface area contributed by atoms with Crippen molar-refractivity contribution < 1.29 is 9.53 Å². The number of rotatable bonds is 7. The number of methoxy groups -OCH3 is 1. The molecule has 3 heteroatoms. The van der Waals surface area contributed by atoms with Gasteiger partial charge in [-0.1, -0.05) is 30.3 Å². The minimum absolute atomic E-state index is 0.253. The van der Waals surface area contributed by atoms with Gasteiger partial charge >= 0.3 is 0 Å². The van der Waals surface area contributed by atoms with Gasteiger partial charge in [-0.15, -0.1) is 0 Å². The molecule has 0 unspecified atom stereocenters. The first-order valence-electron chi connectivity index (χ1n) is 7.12. The maximum absolute atomic E-state index is 12.0. The summed E-state index contributed by atoms with van der Waals surface area (Å²) in [7, 11) is 1.76. The van der Waals surface area contributed by atoms with Crippen LogP contribution < -0.4 is 0 Å². The van der Waals surface area contributed by atoms with Gasteiger partial charge in [0.05, 0.1) is 6.61 Å². The van der Waals surface area contributed by atoms with E-state index in [9.17, 15) is 4.79 Å². The average Bonchev–Trinajstić information content (AvgIpc) is 2.88. The molecule has 0 aliphatic carbocycles. The minimum atomic E-state index is 0.253. The molecule has 2 rings (SSSR count). The molecule has 0 amide bonds. The number of carbonyl (C=O) groups excluding carboxylic acids is 1. The van der Waals surface area contributed by atoms with Crippen molar-refractivity contribution in [1.29, 1.82) is 0 Å². The number of ketones is 1. The summed E-state index contributed by atoms with van der Waals surface area (Å²) in [6.45, 7) is 2.97. The fourth-order valence-corrected chi connectivity index (χ4v) is 2.78. The first kappa shape index (κ1) is 14.2. The molecule has 1 aromatic rings. The van der Waals surface area contributed by atoms with Crippen LogP contribution in [0.15, 0.2) is 30.3 Å². The molecule has 19 heavy (non-hydrogen) atoms. The zero-order valence-corrected chi connectivity index (χ0v) is 11.7. The predicted octanol–water partition coefficient (Wildman–Crippen LogP) is 2.76. The smallest absolute Gasteiger partial charge is 0.162 e. The minimum Gasteiger partial charge on any atom is -0.383 e. The molecule has 0 spiro atoms. The number of ether oxygens (including phenoxy) is 1. The van der Waals surface area contributed by atoms with Crippen molar-refractivity contribution in [2.75, 3.05) is 26.8 Å². The van der Waals surface area contributed by atoms with Gasteiger partial charge in [0, 0.05) is 25.1 Å². The van der Waals surface area contributed by atoms with E-state index in [0.29, 0.717) is 12.5 Å². The average molecular weight is 261 g/mol. The van der Waals surface area contributed by atoms with Crippen LogP contribution in [-0.2, 0) is 4.74 Å². The molecule has 0 radical (unpaired) electrons. The van der Waals surface area contributed by atoms with Gasteiger partial charge in [-0.25, -0.2) is 0 Å². The van der Waals surface area contributed by atoms with Crippen LogP contribution in [0.3, 0.4) is 0 Å². The van der Waals surface area contributed by atoms with E-state index in [1.165, 1.54) is 12.8 Å². The largest absolute Gasteiger partial charge is 0.383 e. The topological polar surface area (TPSA) is 29.5 Å². The van der Waals surface area contributed by atoms with Crippen LogP contribution in [0.4, 0.5) is 0 Å². The summed E-state index contributed by atoms with van der Waals surface area (Å²) in [5.41, 5.74) is 0.831. The standard InChI is InChI=1S/C16H23NO2/c1-19-13-15-9-5-11-17(15)12-6-10-16(18)14-7-3-2-4-8-14/h2-4,7-8,15H,5-6,9-13H2,1H3/t15-/m0/s1. The Kier molecular flexibility index (Phi) is 5.55. The van der Waals surface area contributed by atoms with E-state index in [1.807, 2.05) is 30.3 Å². The van der Waals surface area contributed by atoms with Gasteiger partial charge in [-0.3, -0.25) is 9.69 Å². The van der Waals surface area contributed by atoms with Crippen LogP contribution in [0, 0.1) is 0 Å². The van der Waals surface area contributed by atoms with Crippen molar-refractivity contribution in [1.82, 2.24) is 4.90 Å². The number of benzene rings is 1. The van der Waals surface area contributed by atoms with Crippen molar-refractivity contribution >= 4 is 5.78 Å². The maximum Gasteiger partial charge on any atom is 0.162 e. The molecule has 1 atom stereocenters. The van der Waals surface area contributed by atoms with E-state index < -0.39 is 0 Å². The molecule has 0 saturated carbocycles. The lowest BCUT2D eigenvalue weighted by atomic mass is 10.1. The summed E-state index contributed by atoms with van der Waals surface area (Å²) in [6, 6.07) is 10.1. The van der Waals surface area contributed by atoms with E-state index in [1.54, 1.807) is 7.11 Å². The summed E-state index contributed by atoms with van der Waals surface area (Å²) in [6.07, 6.45) is 4.05. The fourth-order valence-electron chi connectivity index (χ4n) is 2.78. The molecular formula is C16H23NO2. The van der Waals surface area contributed by atoms with E-state index in [0.717, 1.165) is 31.7 Å². The van der Waals surface area contributed by atoms with Crippen molar-refractivity contribution in [2.24, 2.45) is 0 Å². The maximum atomic E-state index is 12.0. The van der Waals surface area contributed by atoms with Gasteiger partial charge < -0.3 is 4.74 Å². The van der Waals surface area contributed by atoms with Crippen molar-refractivity contribution in [2.45, 2.75) is 31.7 Å². The van der Waals surface area contributed by atoms with Gasteiger partial charge in [0.2, 0.25) is 0 Å². The summed E-state index contributed by atoms with van der Waals surface area (Å²) < 4.78 is 5.24. The predicted molar refractivity (Wildman–Crippen MR) is 76.5 cm³/mol. The van der Waals surface area contributed by atoms with E-state index >= 15 is 0 Å². The molecule has 0 bridgehead atoms. The van der Waals surface area contributed by atoms with E-state index in [-0.39, 0.29) is 5.78 Å². The second-order valence-electron chi connectivity index (χ2n) is 5.18. The number of carbonyl (C=O) groups is 1. The van der Waals surface area contributed by atoms with Gasteiger partial charge in [0.1, 0.15) is 0 Å². The second-order valence-corrected chi connectivity index (χ2v) is 5.18. The Labute approximate surface area is 115 Å². The number of nitrogens with zero attached hydrogens (tertiary/aromatic N) is 1. The Morgan fingerprint density at radius 1 is 1.37 bits per heavy atom. The quantitative estimate of drug-likeness (QED) is 0.707. The Morgan fingerprint density at radius 2 is 2.16 bits per heavy atom. The van der Waals surface area contributed by atoms with Crippen LogP contribution >= 0.6 is 0 Å². The van der Waals surface area contributed by atoms with Crippen LogP contribution in [0.1, 0.15) is 36.0 Å². The SMILES string of the molecule is COC[C@@H]1CCCN1CCCC(=O)c1ccccc1. The van der Waals surface area contributed by atoms with Gasteiger partial charge in [0.25, 0.3) is 0 Å². The van der Waals surface area contributed by atoms with Gasteiger partial charge in [-0.05, 0) is 32.4 Å². The third-order valence-corrected chi connectivity index (χ3v) is 3.80. The van der Waals surface area contributed by atoms with Crippen LogP contribution in [0.5, 0.6) is 0 Å². The van der Waals surface area contributed by atoms with Gasteiger partial charge in [-0.2, -0.15) is 0 Å². The molecule has 1 aliphatic heterocycles. The van der Waals surface area contributed by atoms with Crippen LogP contribution in [0.25, 0.3) is 0 Å². The third-order valence-electron chi connectivity index (χ3n) is 3.80. The molecular weight excluding hydrogens is 238 g/mol.